The summed E-state index contributed by atoms with van der Waals surface area (Å²) in [4.78, 5) is 18.4. The number of amides is 1. The Kier molecular flexibility index (Phi) is 5.34. The third-order valence-corrected chi connectivity index (χ3v) is 6.10. The van der Waals surface area contributed by atoms with Crippen molar-refractivity contribution in [3.63, 3.8) is 0 Å². The van der Waals surface area contributed by atoms with E-state index >= 15 is 0 Å². The minimum atomic E-state index is -0.362. The molecule has 0 spiro atoms. The van der Waals surface area contributed by atoms with Gasteiger partial charge in [0, 0.05) is 11.4 Å². The normalized spacial score (nSPS) is 15.2. The molecule has 1 aromatic heterocycles. The first-order valence-corrected chi connectivity index (χ1v) is 11.1. The first-order valence-electron chi connectivity index (χ1n) is 11.1. The molecular formula is C27H26N4O2. The van der Waals surface area contributed by atoms with Crippen molar-refractivity contribution >= 4 is 28.6 Å². The van der Waals surface area contributed by atoms with E-state index in [-0.39, 0.29) is 11.9 Å². The van der Waals surface area contributed by atoms with E-state index in [1.807, 2.05) is 79.7 Å². The third kappa shape index (κ3) is 3.74. The molecule has 0 saturated carbocycles. The Hall–Kier alpha value is -4.06. The number of fused-ring (bicyclic) bond motifs is 3. The van der Waals surface area contributed by atoms with Crippen LogP contribution in [0.25, 0.3) is 11.0 Å². The Morgan fingerprint density at radius 2 is 1.88 bits per heavy atom. The second-order valence-corrected chi connectivity index (χ2v) is 8.14. The summed E-state index contributed by atoms with van der Waals surface area (Å²) in [7, 11) is 1.65. The van der Waals surface area contributed by atoms with Crippen LogP contribution < -0.4 is 15.4 Å². The highest BCUT2D eigenvalue weighted by Crippen LogP contribution is 2.40. The lowest BCUT2D eigenvalue weighted by Gasteiger charge is -2.31. The molecule has 1 unspecified atom stereocenters. The van der Waals surface area contributed by atoms with E-state index in [1.54, 1.807) is 7.11 Å². The lowest BCUT2D eigenvalue weighted by atomic mass is 9.94. The number of methoxy groups -OCH3 is 1. The van der Waals surface area contributed by atoms with Crippen LogP contribution in [0.3, 0.4) is 0 Å². The number of carbonyl (C=O) groups excluding carboxylic acids is 1. The Balaban J connectivity index is 1.63. The maximum Gasteiger partial charge on any atom is 0.255 e. The number of hydrogen-bond donors (Lipinski definition) is 2. The predicted molar refractivity (Wildman–Crippen MR) is 132 cm³/mol. The number of rotatable bonds is 5. The molecule has 2 heterocycles. The number of ether oxygens (including phenoxy) is 1. The SMILES string of the molecule is CCc1ccc(NC(=O)C2=C(C)Nc3nc4ccccc4n3C2c2cccc(OC)c2)cc1. The van der Waals surface area contributed by atoms with E-state index in [0.29, 0.717) is 11.5 Å². The number of nitrogens with zero attached hydrogens (tertiary/aromatic N) is 2. The highest BCUT2D eigenvalue weighted by atomic mass is 16.5. The van der Waals surface area contributed by atoms with E-state index in [0.717, 1.165) is 40.2 Å². The van der Waals surface area contributed by atoms with Crippen molar-refractivity contribution in [2.45, 2.75) is 26.3 Å². The molecule has 4 aromatic rings. The highest BCUT2D eigenvalue weighted by Gasteiger charge is 2.34. The lowest BCUT2D eigenvalue weighted by Crippen LogP contribution is -2.30. The number of aromatic nitrogens is 2. The Morgan fingerprint density at radius 1 is 1.09 bits per heavy atom. The van der Waals surface area contributed by atoms with Crippen molar-refractivity contribution in [1.82, 2.24) is 9.55 Å². The van der Waals surface area contributed by atoms with E-state index < -0.39 is 0 Å². The van der Waals surface area contributed by atoms with Crippen molar-refractivity contribution in [3.05, 3.63) is 95.2 Å². The first kappa shape index (κ1) is 20.8. The fourth-order valence-electron chi connectivity index (χ4n) is 4.41. The molecular weight excluding hydrogens is 412 g/mol. The highest BCUT2D eigenvalue weighted by molar-refractivity contribution is 6.06. The second kappa shape index (κ2) is 8.47. The number of anilines is 2. The van der Waals surface area contributed by atoms with Gasteiger partial charge in [0.15, 0.2) is 0 Å². The van der Waals surface area contributed by atoms with Crippen molar-refractivity contribution in [1.29, 1.82) is 0 Å². The molecule has 33 heavy (non-hydrogen) atoms. The van der Waals surface area contributed by atoms with Gasteiger partial charge in [-0.15, -0.1) is 0 Å². The third-order valence-electron chi connectivity index (χ3n) is 6.10. The van der Waals surface area contributed by atoms with E-state index in [2.05, 4.69) is 22.1 Å². The summed E-state index contributed by atoms with van der Waals surface area (Å²) in [5.74, 6) is 1.30. The van der Waals surface area contributed by atoms with Gasteiger partial charge in [-0.2, -0.15) is 0 Å². The molecule has 0 radical (unpaired) electrons. The predicted octanol–water partition coefficient (Wildman–Crippen LogP) is 5.53. The van der Waals surface area contributed by atoms with Gasteiger partial charge in [0.05, 0.1) is 29.8 Å². The molecule has 0 saturated heterocycles. The molecule has 1 aliphatic rings. The van der Waals surface area contributed by atoms with Crippen LogP contribution in [0.15, 0.2) is 84.1 Å². The maximum atomic E-state index is 13.7. The Labute approximate surface area is 192 Å². The van der Waals surface area contributed by atoms with Gasteiger partial charge >= 0.3 is 0 Å². The van der Waals surface area contributed by atoms with Crippen molar-refractivity contribution in [3.8, 4) is 5.75 Å². The molecule has 1 aliphatic heterocycles. The van der Waals surface area contributed by atoms with Gasteiger partial charge in [-0.3, -0.25) is 9.36 Å². The van der Waals surface area contributed by atoms with Gasteiger partial charge < -0.3 is 15.4 Å². The molecule has 5 rings (SSSR count). The maximum absolute atomic E-state index is 13.7. The number of imidazole rings is 1. The van der Waals surface area contributed by atoms with Gasteiger partial charge in [0.25, 0.3) is 5.91 Å². The summed E-state index contributed by atoms with van der Waals surface area (Å²) in [6.07, 6.45) is 0.955. The molecule has 0 bridgehead atoms. The summed E-state index contributed by atoms with van der Waals surface area (Å²) >= 11 is 0. The Morgan fingerprint density at radius 3 is 2.64 bits per heavy atom. The van der Waals surface area contributed by atoms with Crippen LogP contribution in [0.4, 0.5) is 11.6 Å². The topological polar surface area (TPSA) is 68.2 Å². The van der Waals surface area contributed by atoms with Crippen molar-refractivity contribution in [2.24, 2.45) is 0 Å². The first-order chi connectivity index (χ1) is 16.1. The molecule has 166 valence electrons. The van der Waals surface area contributed by atoms with Gasteiger partial charge in [0.2, 0.25) is 5.95 Å². The van der Waals surface area contributed by atoms with Gasteiger partial charge in [-0.05, 0) is 60.9 Å². The Bertz CT molecular complexity index is 1370. The minimum absolute atomic E-state index is 0.152. The molecule has 1 amide bonds. The zero-order valence-electron chi connectivity index (χ0n) is 18.9. The molecule has 6 heteroatoms. The van der Waals surface area contributed by atoms with Crippen molar-refractivity contribution in [2.75, 3.05) is 17.7 Å². The van der Waals surface area contributed by atoms with Crippen LogP contribution in [0.1, 0.15) is 31.0 Å². The minimum Gasteiger partial charge on any atom is -0.497 e. The quantitative estimate of drug-likeness (QED) is 0.430. The van der Waals surface area contributed by atoms with Crippen LogP contribution in [-0.4, -0.2) is 22.6 Å². The lowest BCUT2D eigenvalue weighted by molar-refractivity contribution is -0.113. The number of nitrogens with one attached hydrogen (secondary N) is 2. The van der Waals surface area contributed by atoms with Crippen LogP contribution in [-0.2, 0) is 11.2 Å². The summed E-state index contributed by atoms with van der Waals surface area (Å²) in [6, 6.07) is 23.4. The number of hydrogen-bond acceptors (Lipinski definition) is 4. The van der Waals surface area contributed by atoms with Crippen LogP contribution in [0.2, 0.25) is 0 Å². The molecule has 0 fully saturated rings. The van der Waals surface area contributed by atoms with Crippen LogP contribution in [0, 0.1) is 0 Å². The fourth-order valence-corrected chi connectivity index (χ4v) is 4.41. The zero-order chi connectivity index (χ0) is 22.9. The smallest absolute Gasteiger partial charge is 0.255 e. The van der Waals surface area contributed by atoms with Gasteiger partial charge in [-0.25, -0.2) is 4.98 Å². The number of para-hydroxylation sites is 2. The van der Waals surface area contributed by atoms with Gasteiger partial charge in [-0.1, -0.05) is 43.3 Å². The summed E-state index contributed by atoms with van der Waals surface area (Å²) < 4.78 is 7.57. The van der Waals surface area contributed by atoms with Crippen LogP contribution >= 0.6 is 0 Å². The monoisotopic (exact) mass is 438 g/mol. The standard InChI is InChI=1S/C27H26N4O2/c1-4-18-12-14-20(15-13-18)29-26(32)24-17(2)28-27-30-22-10-5-6-11-23(22)31(27)25(24)19-8-7-9-21(16-19)33-3/h5-16,25H,4H2,1-3H3,(H,28,30)(H,29,32). The summed E-state index contributed by atoms with van der Waals surface area (Å²) in [5.41, 5.74) is 6.18. The summed E-state index contributed by atoms with van der Waals surface area (Å²) in [5, 5.41) is 6.44. The molecule has 6 nitrogen and oxygen atoms in total. The fraction of sp³-hybridized carbons (Fsp3) is 0.185. The molecule has 2 N–H and O–H groups in total. The van der Waals surface area contributed by atoms with E-state index in [9.17, 15) is 4.79 Å². The van der Waals surface area contributed by atoms with Crippen LogP contribution in [0.5, 0.6) is 5.75 Å². The van der Waals surface area contributed by atoms with E-state index in [1.165, 1.54) is 5.56 Å². The van der Waals surface area contributed by atoms with E-state index in [4.69, 9.17) is 9.72 Å². The molecule has 3 aromatic carbocycles. The average Bonchev–Trinajstić information content (AvgIpc) is 3.21. The number of allylic oxidation sites excluding steroid dienone is 1. The zero-order valence-corrected chi connectivity index (χ0v) is 18.9. The molecule has 0 aliphatic carbocycles. The average molecular weight is 439 g/mol. The number of benzene rings is 3. The second-order valence-electron chi connectivity index (χ2n) is 8.14. The summed E-state index contributed by atoms with van der Waals surface area (Å²) in [6.45, 7) is 4.03. The molecule has 1 atom stereocenters. The van der Waals surface area contributed by atoms with Crippen molar-refractivity contribution < 1.29 is 9.53 Å². The number of aryl methyl sites for hydroxylation is 1. The largest absolute Gasteiger partial charge is 0.497 e. The number of carbonyl (C=O) groups is 1. The van der Waals surface area contributed by atoms with Gasteiger partial charge in [0.1, 0.15) is 5.75 Å².